The summed E-state index contributed by atoms with van der Waals surface area (Å²) < 4.78 is 5.22. The standard InChI is InChI=1S/C18H15NO2/c1-13-7-9-15(10-8-13)11-16-18(20)21-17(19-16)12-14-5-3-2-4-6-14/h2-11H,12H2,1H3/b16-11+. The van der Waals surface area contributed by atoms with Crippen molar-refractivity contribution >= 4 is 17.9 Å². The Morgan fingerprint density at radius 2 is 1.76 bits per heavy atom. The van der Waals surface area contributed by atoms with E-state index < -0.39 is 0 Å². The molecule has 0 saturated heterocycles. The molecule has 0 amide bonds. The number of hydrogen-bond acceptors (Lipinski definition) is 3. The molecule has 0 bridgehead atoms. The smallest absolute Gasteiger partial charge is 0.363 e. The molecule has 104 valence electrons. The maximum atomic E-state index is 11.8. The highest BCUT2D eigenvalue weighted by atomic mass is 16.6. The molecule has 3 heteroatoms. The lowest BCUT2D eigenvalue weighted by molar-refractivity contribution is -0.130. The fourth-order valence-corrected chi connectivity index (χ4v) is 2.12. The van der Waals surface area contributed by atoms with Crippen molar-refractivity contribution in [1.29, 1.82) is 0 Å². The number of rotatable bonds is 3. The minimum atomic E-state index is -0.387. The Balaban J connectivity index is 1.80. The molecule has 1 aliphatic rings. The zero-order valence-electron chi connectivity index (χ0n) is 11.7. The van der Waals surface area contributed by atoms with Crippen molar-refractivity contribution in [2.45, 2.75) is 13.3 Å². The van der Waals surface area contributed by atoms with Crippen molar-refractivity contribution in [3.05, 3.63) is 77.0 Å². The third kappa shape index (κ3) is 3.26. The molecular formula is C18H15NO2. The first-order valence-electron chi connectivity index (χ1n) is 6.83. The van der Waals surface area contributed by atoms with Gasteiger partial charge in [0.05, 0.1) is 0 Å². The van der Waals surface area contributed by atoms with Crippen molar-refractivity contribution in [3.8, 4) is 0 Å². The predicted molar refractivity (Wildman–Crippen MR) is 82.8 cm³/mol. The summed E-state index contributed by atoms with van der Waals surface area (Å²) in [5.41, 5.74) is 3.54. The second kappa shape index (κ2) is 5.75. The van der Waals surface area contributed by atoms with Crippen molar-refractivity contribution < 1.29 is 9.53 Å². The van der Waals surface area contributed by atoms with Crippen LogP contribution in [0.4, 0.5) is 0 Å². The highest BCUT2D eigenvalue weighted by Gasteiger charge is 2.22. The van der Waals surface area contributed by atoms with Crippen LogP contribution in [0.2, 0.25) is 0 Å². The van der Waals surface area contributed by atoms with Crippen LogP contribution in [-0.4, -0.2) is 11.9 Å². The van der Waals surface area contributed by atoms with E-state index in [4.69, 9.17) is 4.74 Å². The normalized spacial score (nSPS) is 16.0. The lowest BCUT2D eigenvalue weighted by Gasteiger charge is -1.98. The molecule has 0 saturated carbocycles. The third-order valence-electron chi connectivity index (χ3n) is 3.24. The Morgan fingerprint density at radius 3 is 2.48 bits per heavy atom. The Morgan fingerprint density at radius 1 is 1.05 bits per heavy atom. The van der Waals surface area contributed by atoms with Crippen LogP contribution < -0.4 is 0 Å². The fraction of sp³-hybridized carbons (Fsp3) is 0.111. The molecule has 0 aromatic heterocycles. The molecule has 1 aliphatic heterocycles. The summed E-state index contributed by atoms with van der Waals surface area (Å²) in [5, 5.41) is 0. The highest BCUT2D eigenvalue weighted by molar-refractivity contribution is 6.07. The summed E-state index contributed by atoms with van der Waals surface area (Å²) in [6.07, 6.45) is 2.28. The zero-order chi connectivity index (χ0) is 14.7. The monoisotopic (exact) mass is 277 g/mol. The number of hydrogen-bond donors (Lipinski definition) is 0. The molecule has 0 radical (unpaired) electrons. The van der Waals surface area contributed by atoms with Crippen molar-refractivity contribution in [3.63, 3.8) is 0 Å². The second-order valence-corrected chi connectivity index (χ2v) is 5.00. The van der Waals surface area contributed by atoms with E-state index in [-0.39, 0.29) is 5.97 Å². The van der Waals surface area contributed by atoms with E-state index in [1.165, 1.54) is 5.56 Å². The van der Waals surface area contributed by atoms with Gasteiger partial charge in [-0.25, -0.2) is 9.79 Å². The van der Waals surface area contributed by atoms with Gasteiger partial charge in [0, 0.05) is 6.42 Å². The van der Waals surface area contributed by atoms with Crippen molar-refractivity contribution in [1.82, 2.24) is 0 Å². The molecule has 0 fully saturated rings. The zero-order valence-corrected chi connectivity index (χ0v) is 11.7. The Hall–Kier alpha value is -2.68. The Bertz CT molecular complexity index is 713. The van der Waals surface area contributed by atoms with Gasteiger partial charge in [0.1, 0.15) is 0 Å². The van der Waals surface area contributed by atoms with Crippen LogP contribution in [-0.2, 0) is 16.0 Å². The second-order valence-electron chi connectivity index (χ2n) is 5.00. The Kier molecular flexibility index (Phi) is 3.65. The lowest BCUT2D eigenvalue weighted by Crippen LogP contribution is -2.06. The van der Waals surface area contributed by atoms with Gasteiger partial charge in [0.15, 0.2) is 5.70 Å². The number of aliphatic imine (C=N–C) groups is 1. The van der Waals surface area contributed by atoms with Crippen molar-refractivity contribution in [2.75, 3.05) is 0 Å². The molecule has 0 aliphatic carbocycles. The number of cyclic esters (lactones) is 1. The molecule has 0 N–H and O–H groups in total. The quantitative estimate of drug-likeness (QED) is 0.636. The molecule has 0 unspecified atom stereocenters. The number of benzene rings is 2. The third-order valence-corrected chi connectivity index (χ3v) is 3.24. The van der Waals surface area contributed by atoms with E-state index in [0.717, 1.165) is 11.1 Å². The van der Waals surface area contributed by atoms with Gasteiger partial charge in [-0.05, 0) is 24.1 Å². The molecule has 3 rings (SSSR count). The van der Waals surface area contributed by atoms with Crippen LogP contribution in [0, 0.1) is 6.92 Å². The summed E-state index contributed by atoms with van der Waals surface area (Å²) in [6.45, 7) is 2.02. The minimum absolute atomic E-state index is 0.352. The molecule has 0 spiro atoms. The molecule has 1 heterocycles. The maximum Gasteiger partial charge on any atom is 0.363 e. The average Bonchev–Trinajstić information content (AvgIpc) is 2.82. The number of aryl methyl sites for hydroxylation is 1. The lowest BCUT2D eigenvalue weighted by atomic mass is 10.1. The summed E-state index contributed by atoms with van der Waals surface area (Å²) in [5.74, 6) is 0.0612. The summed E-state index contributed by atoms with van der Waals surface area (Å²) in [6, 6.07) is 17.7. The summed E-state index contributed by atoms with van der Waals surface area (Å²) in [4.78, 5) is 16.1. The number of nitrogens with zero attached hydrogens (tertiary/aromatic N) is 1. The predicted octanol–water partition coefficient (Wildman–Crippen LogP) is 3.53. The van der Waals surface area contributed by atoms with E-state index in [9.17, 15) is 4.79 Å². The molecular weight excluding hydrogens is 262 g/mol. The van der Waals surface area contributed by atoms with Crippen LogP contribution in [0.15, 0.2) is 65.3 Å². The van der Waals surface area contributed by atoms with Crippen LogP contribution in [0.25, 0.3) is 6.08 Å². The number of carbonyl (C=O) groups is 1. The van der Waals surface area contributed by atoms with Crippen LogP contribution in [0.5, 0.6) is 0 Å². The molecule has 3 nitrogen and oxygen atoms in total. The van der Waals surface area contributed by atoms with Gasteiger partial charge in [-0.3, -0.25) is 0 Å². The maximum absolute atomic E-state index is 11.8. The first-order valence-corrected chi connectivity index (χ1v) is 6.83. The van der Waals surface area contributed by atoms with Gasteiger partial charge >= 0.3 is 5.97 Å². The first-order chi connectivity index (χ1) is 10.2. The van der Waals surface area contributed by atoms with Crippen LogP contribution >= 0.6 is 0 Å². The van der Waals surface area contributed by atoms with Gasteiger partial charge < -0.3 is 4.74 Å². The highest BCUT2D eigenvalue weighted by Crippen LogP contribution is 2.17. The van der Waals surface area contributed by atoms with Crippen LogP contribution in [0.1, 0.15) is 16.7 Å². The SMILES string of the molecule is Cc1ccc(/C=C2/N=C(Cc3ccccc3)OC2=O)cc1. The first kappa shape index (κ1) is 13.3. The number of esters is 1. The molecule has 21 heavy (non-hydrogen) atoms. The van der Waals surface area contributed by atoms with Gasteiger partial charge in [-0.2, -0.15) is 0 Å². The van der Waals surface area contributed by atoms with E-state index in [2.05, 4.69) is 4.99 Å². The Labute approximate surface area is 123 Å². The number of carbonyl (C=O) groups excluding carboxylic acids is 1. The topological polar surface area (TPSA) is 38.7 Å². The van der Waals surface area contributed by atoms with Gasteiger partial charge in [-0.1, -0.05) is 60.2 Å². The van der Waals surface area contributed by atoms with E-state index in [0.29, 0.717) is 18.0 Å². The van der Waals surface area contributed by atoms with Gasteiger partial charge in [0.25, 0.3) is 0 Å². The minimum Gasteiger partial charge on any atom is -0.406 e. The molecule has 0 atom stereocenters. The fourth-order valence-electron chi connectivity index (χ4n) is 2.12. The van der Waals surface area contributed by atoms with Crippen LogP contribution in [0.3, 0.4) is 0 Å². The summed E-state index contributed by atoms with van der Waals surface area (Å²) >= 11 is 0. The van der Waals surface area contributed by atoms with E-state index >= 15 is 0 Å². The largest absolute Gasteiger partial charge is 0.406 e. The average molecular weight is 277 g/mol. The van der Waals surface area contributed by atoms with E-state index in [1.807, 2.05) is 61.5 Å². The van der Waals surface area contributed by atoms with Gasteiger partial charge in [-0.15, -0.1) is 0 Å². The summed E-state index contributed by atoms with van der Waals surface area (Å²) in [7, 11) is 0. The van der Waals surface area contributed by atoms with E-state index in [1.54, 1.807) is 6.08 Å². The molecule has 2 aromatic carbocycles. The van der Waals surface area contributed by atoms with Gasteiger partial charge in [0.2, 0.25) is 5.90 Å². The van der Waals surface area contributed by atoms with Crippen molar-refractivity contribution in [2.24, 2.45) is 4.99 Å². The number of ether oxygens (including phenoxy) is 1. The molecule has 2 aromatic rings.